The lowest BCUT2D eigenvalue weighted by Gasteiger charge is -2.19. The largest absolute Gasteiger partial charge is 0.506 e. The molecule has 0 atom stereocenters. The molecule has 680 valence electrons. The Labute approximate surface area is 810 Å². The zero-order chi connectivity index (χ0) is 95.0. The fourth-order valence-electron chi connectivity index (χ4n) is 13.1. The number of halogens is 3. The number of ketones is 6. The van der Waals surface area contributed by atoms with Crippen LogP contribution in [0.2, 0.25) is 10.0 Å². The normalized spacial score (nSPS) is 11.3. The first-order chi connectivity index (χ1) is 63.8. The average Bonchev–Trinajstić information content (AvgIpc) is 1.81. The summed E-state index contributed by atoms with van der Waals surface area (Å²) in [5.41, 5.74) is 11.7. The van der Waals surface area contributed by atoms with Crippen LogP contribution in [-0.4, -0.2) is 98.0 Å². The Morgan fingerprint density at radius 3 is 1.05 bits per heavy atom. The average molecular weight is 2000 g/mol. The Morgan fingerprint density at radius 1 is 0.398 bits per heavy atom. The molecule has 0 aliphatic carbocycles. The van der Waals surface area contributed by atoms with E-state index in [0.717, 1.165) is 58.9 Å². The predicted octanol–water partition coefficient (Wildman–Crippen LogP) is 25.6. The Hall–Kier alpha value is -12.7. The van der Waals surface area contributed by atoms with Crippen LogP contribution < -0.4 is 16.0 Å². The lowest BCUT2D eigenvalue weighted by molar-refractivity contribution is 0.0940. The number of thiophene rings is 6. The van der Waals surface area contributed by atoms with Crippen LogP contribution in [0, 0.1) is 5.41 Å². The molecule has 15 rings (SSSR count). The van der Waals surface area contributed by atoms with Gasteiger partial charge in [0.05, 0.1) is 92.4 Å². The molecule has 9 aromatic heterocycles. The molecule has 0 saturated carbocycles. The van der Waals surface area contributed by atoms with E-state index in [1.165, 1.54) is 69.2 Å². The van der Waals surface area contributed by atoms with Crippen molar-refractivity contribution in [2.75, 3.05) is 13.1 Å². The van der Waals surface area contributed by atoms with Crippen molar-refractivity contribution in [3.63, 3.8) is 0 Å². The number of carbonyl (C=O) groups excluding carboxylic acids is 9. The molecular weight excluding hydrogens is 1900 g/mol. The number of aryl methyl sites for hydroxylation is 3. The zero-order valence-electron chi connectivity index (χ0n) is 73.2. The number of Topliss-reactive ketones (excluding diaryl/α,β-unsaturated/α-hetero) is 6. The highest BCUT2D eigenvalue weighted by atomic mass is 79.9. The number of nitrogens with one attached hydrogen (secondary N) is 4. The molecule has 7 N–H and O–H groups in total. The van der Waals surface area contributed by atoms with Crippen LogP contribution in [-0.2, 0) is 44.3 Å². The minimum atomic E-state index is -0.214. The molecule has 6 aromatic carbocycles. The van der Waals surface area contributed by atoms with Gasteiger partial charge in [-0.25, -0.2) is 0 Å². The van der Waals surface area contributed by atoms with Gasteiger partial charge in [0.1, 0.15) is 47.6 Å². The molecule has 21 nitrogen and oxygen atoms in total. The number of hydrogen-bond donors (Lipinski definition) is 7. The summed E-state index contributed by atoms with van der Waals surface area (Å²) in [6.45, 7) is 14.0. The van der Waals surface area contributed by atoms with E-state index in [4.69, 9.17) is 41.9 Å². The number of aromatic hydroxyl groups is 3. The van der Waals surface area contributed by atoms with Crippen LogP contribution in [0.3, 0.4) is 0 Å². The van der Waals surface area contributed by atoms with Crippen LogP contribution in [0.5, 0.6) is 17.2 Å². The summed E-state index contributed by atoms with van der Waals surface area (Å²) in [7, 11) is 0. The van der Waals surface area contributed by atoms with Gasteiger partial charge in [0.25, 0.3) is 17.7 Å². The summed E-state index contributed by atoms with van der Waals surface area (Å²) in [5.74, 6) is 1.37. The fraction of sp³-hybridized carbons (Fsp3) is 0.184. The number of rotatable bonds is 34. The van der Waals surface area contributed by atoms with Crippen LogP contribution >= 0.6 is 107 Å². The molecule has 0 radical (unpaired) electrons. The highest BCUT2D eigenvalue weighted by Gasteiger charge is 2.24. The minimum Gasteiger partial charge on any atom is -0.506 e. The Morgan fingerprint density at radius 2 is 0.722 bits per heavy atom. The first kappa shape index (κ1) is 99.3. The minimum absolute atomic E-state index is 0.0211. The third-order valence-electron chi connectivity index (χ3n) is 20.8. The molecule has 0 unspecified atom stereocenters. The predicted molar refractivity (Wildman–Crippen MR) is 536 cm³/mol. The number of nitrogens with zero attached hydrogens (tertiary/aromatic N) is 2. The van der Waals surface area contributed by atoms with Crippen molar-refractivity contribution in [2.24, 2.45) is 9.98 Å². The molecule has 30 heteroatoms. The van der Waals surface area contributed by atoms with Crippen molar-refractivity contribution >= 4 is 177 Å². The van der Waals surface area contributed by atoms with Crippen molar-refractivity contribution in [3.8, 4) is 48.6 Å². The van der Waals surface area contributed by atoms with E-state index in [1.807, 2.05) is 83.6 Å². The molecule has 0 saturated heterocycles. The highest BCUT2D eigenvalue weighted by Crippen LogP contribution is 2.43. The van der Waals surface area contributed by atoms with E-state index < -0.39 is 0 Å². The van der Waals surface area contributed by atoms with Gasteiger partial charge in [-0.05, 0) is 225 Å². The maximum absolute atomic E-state index is 12.8. The molecule has 3 amide bonds. The maximum Gasteiger partial charge on any atom is 0.251 e. The quantitative estimate of drug-likeness (QED) is 0.0146. The van der Waals surface area contributed by atoms with Crippen LogP contribution in [0.15, 0.2) is 275 Å². The topological polar surface area (TPSA) is 338 Å². The van der Waals surface area contributed by atoms with Gasteiger partial charge in [-0.2, -0.15) is 0 Å². The number of benzene rings is 6. The van der Waals surface area contributed by atoms with Crippen LogP contribution in [0.1, 0.15) is 213 Å². The molecule has 0 bridgehead atoms. The summed E-state index contributed by atoms with van der Waals surface area (Å²) >= 11 is 23.3. The van der Waals surface area contributed by atoms with Crippen molar-refractivity contribution in [1.82, 2.24) is 16.0 Å². The zero-order valence-corrected chi connectivity index (χ0v) is 81.2. The number of hydrogen-bond acceptors (Lipinski definition) is 24. The standard InChI is InChI=1S/C33H27BrN2O5S2.C33H26Cl2N2O5S2.C21H19NO4S.C16H19NOS/c1-20(26-19-42-32(31(26)39)22-9-11-24(34)12-10-22)35-18-28(38)30-15-14-29(43-30)27(37)13-6-21-4-7-23(8-5-21)33(40)36-17-25-3-2-16-41-25;1-19(24-18-43-32(31(24)40)22-9-10-25(34)26(35)15-22)36-17-28(39)30-13-12-29(44-30)27(38)11-6-20-4-7-21(8-5-20)33(41)37-16-23-3-2-14-42-23;1-14(23)19-10-11-20(27-19)18(24)9-6-15-4-7-16(8-5-15)21(25)22-13-17-3-2-12-26-17;1-10(17)13-9-19-15(14(13)18)11-5-7-12(8-6-11)16(2,3)4/h2-5,7-12,14-16,19,39H,6,13,17-18H2,1H3,(H,36,40);2-5,7-10,12-15,18,40H,6,11,16-17H2,1H3,(H,37,41);2-5,7-8,10-12H,6,9,13H2,1H3,(H,22,25);5-9,17-18H,1-4H3. The highest BCUT2D eigenvalue weighted by molar-refractivity contribution is 9.10. The van der Waals surface area contributed by atoms with Crippen molar-refractivity contribution in [2.45, 2.75) is 112 Å². The number of aliphatic imine (C=N–C) groups is 2. The van der Waals surface area contributed by atoms with E-state index in [1.54, 1.807) is 172 Å². The van der Waals surface area contributed by atoms with E-state index in [2.05, 4.69) is 74.8 Å². The SMILES string of the molecule is CC(=N)c1csc(-c2ccc(C(C)(C)C)cc2)c1O.CC(=NCC(=O)c1ccc(C(=O)CCc2ccc(C(=O)NCc3ccco3)cc2)s1)c1csc(-c2ccc(Br)cc2)c1O.CC(=NCC(=O)c1ccc(C(=O)CCc2ccc(C(=O)NCc3ccco3)cc2)s1)c1csc(-c2ccc(Cl)c(Cl)c2)c1O.CC(=O)c1ccc(C(=O)CCc2ccc(C(=O)NCc3ccco3)cc2)s1. The van der Waals surface area contributed by atoms with Crippen molar-refractivity contribution < 1.29 is 71.7 Å². The van der Waals surface area contributed by atoms with Crippen molar-refractivity contribution in [3.05, 3.63) is 364 Å². The Kier molecular flexibility index (Phi) is 35.1. The van der Waals surface area contributed by atoms with Gasteiger partial charge in [0.2, 0.25) is 0 Å². The smallest absolute Gasteiger partial charge is 0.251 e. The fourth-order valence-corrected chi connectivity index (χ4v) is 19.4. The maximum atomic E-state index is 12.8. The van der Waals surface area contributed by atoms with E-state index >= 15 is 0 Å². The van der Waals surface area contributed by atoms with Gasteiger partial charge < -0.3 is 49.9 Å². The first-order valence-corrected chi connectivity index (χ1v) is 48.4. The molecule has 133 heavy (non-hydrogen) atoms. The van der Waals surface area contributed by atoms with Gasteiger partial charge in [-0.15, -0.1) is 68.0 Å². The molecule has 0 aliphatic rings. The summed E-state index contributed by atoms with van der Waals surface area (Å²) in [6, 6.07) is 63.3. The second-order valence-corrected chi connectivity index (χ2v) is 39.0. The lowest BCUT2D eigenvalue weighted by atomic mass is 9.86. The van der Waals surface area contributed by atoms with Gasteiger partial charge in [-0.1, -0.05) is 139 Å². The number of carbonyl (C=O) groups is 9. The van der Waals surface area contributed by atoms with Gasteiger partial charge >= 0.3 is 0 Å². The van der Waals surface area contributed by atoms with E-state index in [0.29, 0.717) is 157 Å². The number of furan rings is 3. The van der Waals surface area contributed by atoms with Crippen LogP contribution in [0.4, 0.5) is 0 Å². The second kappa shape index (κ2) is 47.1. The molecule has 9 heterocycles. The second-order valence-electron chi connectivity index (χ2n) is 31.4. The van der Waals surface area contributed by atoms with E-state index in [-0.39, 0.29) is 101 Å². The molecule has 0 aliphatic heterocycles. The Balaban J connectivity index is 0.000000167. The molecule has 0 fully saturated rings. The van der Waals surface area contributed by atoms with Crippen molar-refractivity contribution in [1.29, 1.82) is 5.41 Å². The van der Waals surface area contributed by atoms with Gasteiger partial charge in [0, 0.05) is 90.4 Å². The first-order valence-electron chi connectivity index (χ1n) is 41.8. The summed E-state index contributed by atoms with van der Waals surface area (Å²) in [5, 5.41) is 54.0. The summed E-state index contributed by atoms with van der Waals surface area (Å²) in [4.78, 5) is 126. The molecule has 0 spiro atoms. The Bertz CT molecular complexity index is 6690. The third-order valence-corrected chi connectivity index (χ3v) is 28.7. The van der Waals surface area contributed by atoms with Gasteiger partial charge in [-0.3, -0.25) is 53.1 Å². The van der Waals surface area contributed by atoms with Crippen LogP contribution in [0.25, 0.3) is 31.3 Å². The number of amides is 3. The summed E-state index contributed by atoms with van der Waals surface area (Å²) in [6.07, 6.45) is 7.21. The lowest BCUT2D eigenvalue weighted by Crippen LogP contribution is -2.22. The molecular formula is C103H91BrCl2N6O15S6. The summed E-state index contributed by atoms with van der Waals surface area (Å²) < 4.78 is 16.6. The van der Waals surface area contributed by atoms with E-state index in [9.17, 15) is 58.5 Å². The van der Waals surface area contributed by atoms with Gasteiger partial charge in [0.15, 0.2) is 34.7 Å². The molecule has 15 aromatic rings. The third kappa shape index (κ3) is 27.7. The monoisotopic (exact) mass is 1990 g/mol.